The molecule has 0 amide bonds. The molecule has 0 fully saturated rings. The lowest BCUT2D eigenvalue weighted by Gasteiger charge is -2.36. The first kappa shape index (κ1) is 16.4. The molecule has 3 heteroatoms. The molecule has 0 spiro atoms. The van der Waals surface area contributed by atoms with Crippen molar-refractivity contribution in [2.24, 2.45) is 0 Å². The molecule has 0 heterocycles. The highest BCUT2D eigenvalue weighted by molar-refractivity contribution is 6.00. The van der Waals surface area contributed by atoms with E-state index in [1.165, 1.54) is 0 Å². The summed E-state index contributed by atoms with van der Waals surface area (Å²) in [5, 5.41) is 0. The van der Waals surface area contributed by atoms with Crippen LogP contribution in [0.25, 0.3) is 0 Å². The number of ketones is 1. The zero-order valence-corrected chi connectivity index (χ0v) is 13.7. The summed E-state index contributed by atoms with van der Waals surface area (Å²) in [6, 6.07) is 19.5. The van der Waals surface area contributed by atoms with Crippen LogP contribution < -0.4 is 0 Å². The minimum absolute atomic E-state index is 0.00362. The van der Waals surface area contributed by atoms with E-state index in [0.29, 0.717) is 0 Å². The van der Waals surface area contributed by atoms with Gasteiger partial charge >= 0.3 is 0 Å². The number of hydrogen-bond acceptors (Lipinski definition) is 3. The maximum atomic E-state index is 13.0. The highest BCUT2D eigenvalue weighted by Gasteiger charge is 2.33. The Morgan fingerprint density at radius 2 is 1.27 bits per heavy atom. The Balaban J connectivity index is 2.42. The summed E-state index contributed by atoms with van der Waals surface area (Å²) in [5.41, 5.74) is 1.90. The van der Waals surface area contributed by atoms with Gasteiger partial charge in [-0.05, 0) is 33.8 Å². The van der Waals surface area contributed by atoms with Gasteiger partial charge in [0.2, 0.25) is 0 Å². The van der Waals surface area contributed by atoms with Crippen molar-refractivity contribution in [2.75, 3.05) is 28.2 Å². The zero-order chi connectivity index (χ0) is 16.1. The van der Waals surface area contributed by atoms with Crippen LogP contribution >= 0.6 is 0 Å². The third-order valence-corrected chi connectivity index (χ3v) is 3.88. The molecule has 0 aliphatic rings. The van der Waals surface area contributed by atoms with Crippen LogP contribution in [0.5, 0.6) is 0 Å². The van der Waals surface area contributed by atoms with Gasteiger partial charge in [-0.25, -0.2) is 0 Å². The summed E-state index contributed by atoms with van der Waals surface area (Å²) >= 11 is 0. The van der Waals surface area contributed by atoms with E-state index in [1.807, 2.05) is 81.6 Å². The molecule has 2 aromatic carbocycles. The molecule has 0 bridgehead atoms. The van der Waals surface area contributed by atoms with Crippen molar-refractivity contribution in [2.45, 2.75) is 12.1 Å². The first-order chi connectivity index (χ1) is 10.5. The Kier molecular flexibility index (Phi) is 5.47. The van der Waals surface area contributed by atoms with E-state index in [4.69, 9.17) is 0 Å². The van der Waals surface area contributed by atoms with Crippen LogP contribution in [0.2, 0.25) is 0 Å². The third-order valence-electron chi connectivity index (χ3n) is 3.88. The molecular formula is C19H24N2O. The summed E-state index contributed by atoms with van der Waals surface area (Å²) in [6.45, 7) is 0. The molecule has 0 aliphatic heterocycles. The molecule has 3 nitrogen and oxygen atoms in total. The quantitative estimate of drug-likeness (QED) is 0.765. The van der Waals surface area contributed by atoms with Crippen LogP contribution in [0, 0.1) is 0 Å². The average Bonchev–Trinajstić information content (AvgIpc) is 2.52. The summed E-state index contributed by atoms with van der Waals surface area (Å²) in [5.74, 6) is 0.146. The zero-order valence-electron chi connectivity index (χ0n) is 13.7. The predicted molar refractivity (Wildman–Crippen MR) is 91.1 cm³/mol. The minimum Gasteiger partial charge on any atom is -0.301 e. The van der Waals surface area contributed by atoms with Crippen LogP contribution in [0.15, 0.2) is 60.7 Å². The molecule has 0 aliphatic carbocycles. The molecular weight excluding hydrogens is 272 g/mol. The maximum Gasteiger partial charge on any atom is 0.181 e. The van der Waals surface area contributed by atoms with Crippen LogP contribution in [-0.2, 0) is 0 Å². The fraction of sp³-hybridized carbons (Fsp3) is 0.316. The number of carbonyl (C=O) groups is 1. The standard InChI is InChI=1S/C19H24N2O/c1-20(2)17(15-11-7-5-8-12-15)18(21(3)4)19(22)16-13-9-6-10-14-16/h5-14,17-18H,1-4H3. The van der Waals surface area contributed by atoms with Gasteiger partial charge in [-0.2, -0.15) is 0 Å². The Hall–Kier alpha value is -1.97. The largest absolute Gasteiger partial charge is 0.301 e. The Bertz CT molecular complexity index is 593. The van der Waals surface area contributed by atoms with Gasteiger partial charge in [-0.15, -0.1) is 0 Å². The third kappa shape index (κ3) is 3.62. The number of benzene rings is 2. The van der Waals surface area contributed by atoms with Gasteiger partial charge in [-0.3, -0.25) is 9.69 Å². The van der Waals surface area contributed by atoms with Crippen LogP contribution in [0.1, 0.15) is 22.0 Å². The number of carbonyl (C=O) groups excluding carboxylic acids is 1. The Labute approximate surface area is 133 Å². The first-order valence-electron chi connectivity index (χ1n) is 7.49. The molecule has 0 radical (unpaired) electrons. The average molecular weight is 296 g/mol. The van der Waals surface area contributed by atoms with Gasteiger partial charge in [-0.1, -0.05) is 60.7 Å². The second-order valence-corrected chi connectivity index (χ2v) is 5.96. The van der Waals surface area contributed by atoms with E-state index >= 15 is 0 Å². The fourth-order valence-corrected chi connectivity index (χ4v) is 2.85. The summed E-state index contributed by atoms with van der Waals surface area (Å²) in [7, 11) is 7.97. The molecule has 22 heavy (non-hydrogen) atoms. The molecule has 2 unspecified atom stereocenters. The summed E-state index contributed by atoms with van der Waals surface area (Å²) in [4.78, 5) is 17.2. The van der Waals surface area contributed by atoms with E-state index in [2.05, 4.69) is 17.0 Å². The molecule has 116 valence electrons. The van der Waals surface area contributed by atoms with Gasteiger partial charge in [0, 0.05) is 5.56 Å². The second kappa shape index (κ2) is 7.34. The van der Waals surface area contributed by atoms with E-state index in [0.717, 1.165) is 11.1 Å². The van der Waals surface area contributed by atoms with Crippen molar-refractivity contribution in [1.29, 1.82) is 0 Å². The molecule has 2 aromatic rings. The van der Waals surface area contributed by atoms with Gasteiger partial charge in [0.1, 0.15) is 0 Å². The number of hydrogen-bond donors (Lipinski definition) is 0. The molecule has 0 aromatic heterocycles. The van der Waals surface area contributed by atoms with Crippen LogP contribution in [-0.4, -0.2) is 49.8 Å². The predicted octanol–water partition coefficient (Wildman–Crippen LogP) is 3.10. The number of Topliss-reactive ketones (excluding diaryl/α,β-unsaturated/α-hetero) is 1. The van der Waals surface area contributed by atoms with Gasteiger partial charge < -0.3 is 4.90 Å². The van der Waals surface area contributed by atoms with E-state index in [1.54, 1.807) is 0 Å². The minimum atomic E-state index is -0.236. The number of likely N-dealkylation sites (N-methyl/N-ethyl adjacent to an activating group) is 2. The van der Waals surface area contributed by atoms with Crippen LogP contribution in [0.3, 0.4) is 0 Å². The van der Waals surface area contributed by atoms with E-state index in [-0.39, 0.29) is 17.9 Å². The van der Waals surface area contributed by atoms with Gasteiger partial charge in [0.15, 0.2) is 5.78 Å². The molecule has 0 N–H and O–H groups in total. The van der Waals surface area contributed by atoms with Crippen molar-refractivity contribution in [1.82, 2.24) is 9.80 Å². The normalized spacial score (nSPS) is 14.1. The van der Waals surface area contributed by atoms with Crippen molar-refractivity contribution in [3.05, 3.63) is 71.8 Å². The summed E-state index contributed by atoms with van der Waals surface area (Å²) in [6.07, 6.45) is 0. The maximum absolute atomic E-state index is 13.0. The number of nitrogens with zero attached hydrogens (tertiary/aromatic N) is 2. The molecule has 0 saturated heterocycles. The van der Waals surface area contributed by atoms with Crippen molar-refractivity contribution in [3.8, 4) is 0 Å². The monoisotopic (exact) mass is 296 g/mol. The highest BCUT2D eigenvalue weighted by Crippen LogP contribution is 2.27. The summed E-state index contributed by atoms with van der Waals surface area (Å²) < 4.78 is 0. The van der Waals surface area contributed by atoms with Crippen molar-refractivity contribution < 1.29 is 4.79 Å². The van der Waals surface area contributed by atoms with Crippen molar-refractivity contribution >= 4 is 5.78 Å². The van der Waals surface area contributed by atoms with Gasteiger partial charge in [0.25, 0.3) is 0 Å². The van der Waals surface area contributed by atoms with Gasteiger partial charge in [0.05, 0.1) is 12.1 Å². The van der Waals surface area contributed by atoms with Crippen LogP contribution in [0.4, 0.5) is 0 Å². The smallest absolute Gasteiger partial charge is 0.181 e. The Morgan fingerprint density at radius 1 is 0.773 bits per heavy atom. The van der Waals surface area contributed by atoms with E-state index in [9.17, 15) is 4.79 Å². The fourth-order valence-electron chi connectivity index (χ4n) is 2.85. The SMILES string of the molecule is CN(C)C(C(=O)c1ccccc1)C(c1ccccc1)N(C)C. The lowest BCUT2D eigenvalue weighted by atomic mass is 9.91. The molecule has 2 atom stereocenters. The lowest BCUT2D eigenvalue weighted by Crippen LogP contribution is -2.46. The van der Waals surface area contributed by atoms with E-state index < -0.39 is 0 Å². The first-order valence-corrected chi connectivity index (χ1v) is 7.49. The molecule has 0 saturated carbocycles. The number of rotatable bonds is 6. The lowest BCUT2D eigenvalue weighted by molar-refractivity contribution is 0.0749. The molecule has 2 rings (SSSR count). The Morgan fingerprint density at radius 3 is 1.73 bits per heavy atom. The second-order valence-electron chi connectivity index (χ2n) is 5.96. The topological polar surface area (TPSA) is 23.6 Å². The van der Waals surface area contributed by atoms with Crippen molar-refractivity contribution in [3.63, 3.8) is 0 Å². The highest BCUT2D eigenvalue weighted by atomic mass is 16.1.